The van der Waals surface area contributed by atoms with Crippen LogP contribution in [0.15, 0.2) is 18.2 Å². The Bertz CT molecular complexity index is 637. The summed E-state index contributed by atoms with van der Waals surface area (Å²) in [5, 5.41) is 5.04. The fourth-order valence-electron chi connectivity index (χ4n) is 2.05. The number of anilines is 2. The Morgan fingerprint density at radius 2 is 2.10 bits per heavy atom. The average Bonchev–Trinajstić information content (AvgIpc) is 2.72. The normalized spacial score (nSPS) is 10.7. The molecule has 0 spiro atoms. The second kappa shape index (κ2) is 6.26. The molecular weight excluding hydrogens is 288 g/mol. The van der Waals surface area contributed by atoms with Gasteiger partial charge in [0, 0.05) is 32.9 Å². The Labute approximate surface area is 130 Å². The second-order valence-electron chi connectivity index (χ2n) is 5.09. The number of nitrogens with zero attached hydrogens (tertiary/aromatic N) is 3. The highest BCUT2D eigenvalue weighted by molar-refractivity contribution is 6.31. The number of aryl methyl sites for hydroxylation is 2. The van der Waals surface area contributed by atoms with Crippen LogP contribution < -0.4 is 15.4 Å². The molecule has 0 saturated carbocycles. The maximum Gasteiger partial charge on any atom is 0.144 e. The second-order valence-corrected chi connectivity index (χ2v) is 5.47. The molecule has 1 heterocycles. The van der Waals surface area contributed by atoms with Crippen LogP contribution in [-0.4, -0.2) is 23.9 Å². The first-order valence-electron chi connectivity index (χ1n) is 6.84. The van der Waals surface area contributed by atoms with Gasteiger partial charge in [-0.15, -0.1) is 0 Å². The quantitative estimate of drug-likeness (QED) is 0.863. The number of hydrogen-bond acceptors (Lipinski definition) is 4. The molecule has 1 aromatic heterocycles. The van der Waals surface area contributed by atoms with Crippen LogP contribution in [0, 0.1) is 0 Å². The van der Waals surface area contributed by atoms with E-state index in [1.165, 1.54) is 0 Å². The van der Waals surface area contributed by atoms with Crippen molar-refractivity contribution < 1.29 is 4.74 Å². The Hall–Kier alpha value is -1.88. The van der Waals surface area contributed by atoms with Crippen molar-refractivity contribution in [2.75, 3.05) is 24.7 Å². The van der Waals surface area contributed by atoms with E-state index < -0.39 is 0 Å². The van der Waals surface area contributed by atoms with E-state index in [0.29, 0.717) is 23.1 Å². The van der Waals surface area contributed by atoms with Gasteiger partial charge in [-0.2, -0.15) is 5.10 Å². The molecule has 114 valence electrons. The van der Waals surface area contributed by atoms with Gasteiger partial charge in [0.05, 0.1) is 22.1 Å². The number of hydrogen-bond donors (Lipinski definition) is 1. The van der Waals surface area contributed by atoms with E-state index in [9.17, 15) is 0 Å². The number of nitrogen functional groups attached to an aromatic ring is 1. The SMILES string of the molecule is CCc1nn(C)c(COc2cc(N(C)C)ccc2N)c1Cl. The van der Waals surface area contributed by atoms with Crippen LogP contribution in [0.3, 0.4) is 0 Å². The Balaban J connectivity index is 2.20. The third-order valence-corrected chi connectivity index (χ3v) is 3.82. The summed E-state index contributed by atoms with van der Waals surface area (Å²) in [5.41, 5.74) is 9.33. The number of benzene rings is 1. The van der Waals surface area contributed by atoms with Crippen LogP contribution in [0.2, 0.25) is 5.02 Å². The number of ether oxygens (including phenoxy) is 1. The molecule has 21 heavy (non-hydrogen) atoms. The molecule has 2 rings (SSSR count). The molecule has 0 aliphatic carbocycles. The molecule has 6 heteroatoms. The van der Waals surface area contributed by atoms with Gasteiger partial charge in [0.15, 0.2) is 0 Å². The molecule has 0 fully saturated rings. The van der Waals surface area contributed by atoms with E-state index in [0.717, 1.165) is 23.5 Å². The minimum atomic E-state index is 0.337. The predicted molar refractivity (Wildman–Crippen MR) is 87.1 cm³/mol. The van der Waals surface area contributed by atoms with Crippen molar-refractivity contribution in [2.45, 2.75) is 20.0 Å². The van der Waals surface area contributed by atoms with Crippen molar-refractivity contribution in [3.63, 3.8) is 0 Å². The van der Waals surface area contributed by atoms with Crippen molar-refractivity contribution in [3.05, 3.63) is 34.6 Å². The van der Waals surface area contributed by atoms with E-state index in [1.807, 2.05) is 51.2 Å². The Morgan fingerprint density at radius 3 is 2.67 bits per heavy atom. The van der Waals surface area contributed by atoms with Crippen LogP contribution >= 0.6 is 11.6 Å². The van der Waals surface area contributed by atoms with Crippen LogP contribution in [0.25, 0.3) is 0 Å². The molecule has 0 radical (unpaired) electrons. The van der Waals surface area contributed by atoms with Gasteiger partial charge in [-0.25, -0.2) is 0 Å². The van der Waals surface area contributed by atoms with Crippen molar-refractivity contribution in [1.29, 1.82) is 0 Å². The van der Waals surface area contributed by atoms with E-state index in [1.54, 1.807) is 4.68 Å². The zero-order valence-electron chi connectivity index (χ0n) is 12.9. The fourth-order valence-corrected chi connectivity index (χ4v) is 2.40. The zero-order chi connectivity index (χ0) is 15.6. The summed E-state index contributed by atoms with van der Waals surface area (Å²) >= 11 is 6.31. The minimum absolute atomic E-state index is 0.337. The molecule has 2 N–H and O–H groups in total. The monoisotopic (exact) mass is 308 g/mol. The first-order chi connectivity index (χ1) is 9.93. The lowest BCUT2D eigenvalue weighted by Crippen LogP contribution is -2.10. The molecule has 0 unspecified atom stereocenters. The van der Waals surface area contributed by atoms with Gasteiger partial charge in [0.1, 0.15) is 12.4 Å². The Kier molecular flexibility index (Phi) is 4.63. The zero-order valence-corrected chi connectivity index (χ0v) is 13.6. The molecule has 0 amide bonds. The Morgan fingerprint density at radius 1 is 1.38 bits per heavy atom. The van der Waals surface area contributed by atoms with Gasteiger partial charge in [-0.05, 0) is 18.6 Å². The minimum Gasteiger partial charge on any atom is -0.485 e. The van der Waals surface area contributed by atoms with Gasteiger partial charge in [0.2, 0.25) is 0 Å². The average molecular weight is 309 g/mol. The molecule has 0 aliphatic heterocycles. The molecule has 0 saturated heterocycles. The maximum absolute atomic E-state index is 6.31. The van der Waals surface area contributed by atoms with Crippen molar-refractivity contribution in [1.82, 2.24) is 9.78 Å². The lowest BCUT2D eigenvalue weighted by atomic mass is 10.2. The molecule has 0 aliphatic rings. The highest BCUT2D eigenvalue weighted by atomic mass is 35.5. The van der Waals surface area contributed by atoms with Crippen LogP contribution in [0.4, 0.5) is 11.4 Å². The molecule has 0 atom stereocenters. The van der Waals surface area contributed by atoms with Crippen LogP contribution in [0.5, 0.6) is 5.75 Å². The van der Waals surface area contributed by atoms with Crippen molar-refractivity contribution in [2.24, 2.45) is 7.05 Å². The molecular formula is C15H21ClN4O. The van der Waals surface area contributed by atoms with Crippen LogP contribution in [0.1, 0.15) is 18.3 Å². The molecule has 5 nitrogen and oxygen atoms in total. The number of rotatable bonds is 5. The van der Waals surface area contributed by atoms with E-state index in [4.69, 9.17) is 22.1 Å². The predicted octanol–water partition coefficient (Wildman–Crippen LogP) is 2.86. The summed E-state index contributed by atoms with van der Waals surface area (Å²) in [5.74, 6) is 0.650. The van der Waals surface area contributed by atoms with Crippen molar-refractivity contribution in [3.8, 4) is 5.75 Å². The smallest absolute Gasteiger partial charge is 0.144 e. The van der Waals surface area contributed by atoms with Gasteiger partial charge >= 0.3 is 0 Å². The summed E-state index contributed by atoms with van der Waals surface area (Å²) in [7, 11) is 5.81. The van der Waals surface area contributed by atoms with E-state index in [-0.39, 0.29) is 0 Å². The highest BCUT2D eigenvalue weighted by Gasteiger charge is 2.14. The van der Waals surface area contributed by atoms with E-state index >= 15 is 0 Å². The lowest BCUT2D eigenvalue weighted by molar-refractivity contribution is 0.296. The van der Waals surface area contributed by atoms with Gasteiger partial charge in [-0.3, -0.25) is 4.68 Å². The molecule has 0 bridgehead atoms. The topological polar surface area (TPSA) is 56.3 Å². The summed E-state index contributed by atoms with van der Waals surface area (Å²) in [6, 6.07) is 5.71. The van der Waals surface area contributed by atoms with Gasteiger partial charge in [-0.1, -0.05) is 18.5 Å². The molecule has 1 aromatic carbocycles. The highest BCUT2D eigenvalue weighted by Crippen LogP contribution is 2.29. The number of nitrogens with two attached hydrogens (primary N) is 1. The van der Waals surface area contributed by atoms with Gasteiger partial charge < -0.3 is 15.4 Å². The summed E-state index contributed by atoms with van der Waals surface area (Å²) < 4.78 is 7.59. The first-order valence-corrected chi connectivity index (χ1v) is 7.21. The maximum atomic E-state index is 6.31. The van der Waals surface area contributed by atoms with Crippen molar-refractivity contribution >= 4 is 23.0 Å². The summed E-state index contributed by atoms with van der Waals surface area (Å²) in [4.78, 5) is 2.00. The fraction of sp³-hybridized carbons (Fsp3) is 0.400. The van der Waals surface area contributed by atoms with Crippen LogP contribution in [-0.2, 0) is 20.1 Å². The van der Waals surface area contributed by atoms with E-state index in [2.05, 4.69) is 5.10 Å². The lowest BCUT2D eigenvalue weighted by Gasteiger charge is -2.16. The summed E-state index contributed by atoms with van der Waals surface area (Å²) in [6.45, 7) is 2.36. The number of halogens is 1. The largest absolute Gasteiger partial charge is 0.485 e. The third kappa shape index (κ3) is 3.24. The van der Waals surface area contributed by atoms with Gasteiger partial charge in [0.25, 0.3) is 0 Å². The standard InChI is InChI=1S/C15H21ClN4O/c1-5-12-15(16)13(20(4)18-12)9-21-14-8-10(19(2)3)6-7-11(14)17/h6-8H,5,9,17H2,1-4H3. The summed E-state index contributed by atoms with van der Waals surface area (Å²) in [6.07, 6.45) is 0.797. The first kappa shape index (κ1) is 15.5. The molecule has 2 aromatic rings. The third-order valence-electron chi connectivity index (χ3n) is 3.38. The number of aromatic nitrogens is 2.